The summed E-state index contributed by atoms with van der Waals surface area (Å²) >= 11 is 13.2. The molecule has 9 heteroatoms. The molecule has 0 saturated heterocycles. The van der Waals surface area contributed by atoms with Crippen molar-refractivity contribution < 1.29 is 14.3 Å². The Kier molecular flexibility index (Phi) is 8.50. The molecule has 27 heavy (non-hydrogen) atoms. The number of nitrogens with zero attached hydrogens (tertiary/aromatic N) is 1. The molecule has 1 unspecified atom stereocenters. The van der Waals surface area contributed by atoms with Crippen molar-refractivity contribution >= 4 is 46.4 Å². The molecule has 0 aliphatic heterocycles. The van der Waals surface area contributed by atoms with Gasteiger partial charge in [0.2, 0.25) is 5.91 Å². The summed E-state index contributed by atoms with van der Waals surface area (Å²) in [4.78, 5) is 28.4. The van der Waals surface area contributed by atoms with E-state index in [1.54, 1.807) is 12.1 Å². The standard InChI is InChI=1S/C18H21Cl2N3O3S/c1-3-26-11(2)18-23-13(10-27-18)9-16(24)21-6-7-22-17(25)12-4-5-14(19)15(20)8-12/h4-5,8,10-11H,3,6-7,9H2,1-2H3,(H,21,24)(H,22,25). The number of aromatic nitrogens is 1. The fraction of sp³-hybridized carbons (Fsp3) is 0.389. The van der Waals surface area contributed by atoms with Crippen LogP contribution in [0.25, 0.3) is 0 Å². The predicted octanol–water partition coefficient (Wildman–Crippen LogP) is 3.64. The summed E-state index contributed by atoms with van der Waals surface area (Å²) in [7, 11) is 0. The largest absolute Gasteiger partial charge is 0.372 e. The number of hydrogen-bond donors (Lipinski definition) is 2. The highest BCUT2D eigenvalue weighted by molar-refractivity contribution is 7.09. The van der Waals surface area contributed by atoms with Crippen LogP contribution in [0, 0.1) is 0 Å². The van der Waals surface area contributed by atoms with Crippen molar-refractivity contribution in [3.63, 3.8) is 0 Å². The Hall–Kier alpha value is -1.67. The molecule has 2 N–H and O–H groups in total. The van der Waals surface area contributed by atoms with Gasteiger partial charge in [0.25, 0.3) is 5.91 Å². The minimum Gasteiger partial charge on any atom is -0.372 e. The zero-order chi connectivity index (χ0) is 19.8. The van der Waals surface area contributed by atoms with Crippen molar-refractivity contribution in [2.24, 2.45) is 0 Å². The molecule has 0 aliphatic carbocycles. The maximum Gasteiger partial charge on any atom is 0.251 e. The average Bonchev–Trinajstić information content (AvgIpc) is 3.09. The van der Waals surface area contributed by atoms with Crippen molar-refractivity contribution in [2.75, 3.05) is 19.7 Å². The first-order chi connectivity index (χ1) is 12.9. The molecule has 6 nitrogen and oxygen atoms in total. The minimum absolute atomic E-state index is 0.0756. The molecule has 0 spiro atoms. The Morgan fingerprint density at radius 2 is 1.96 bits per heavy atom. The SMILES string of the molecule is CCOC(C)c1nc(CC(=O)NCCNC(=O)c2ccc(Cl)c(Cl)c2)cs1. The van der Waals surface area contributed by atoms with Crippen LogP contribution in [-0.4, -0.2) is 36.5 Å². The number of halogens is 2. The van der Waals surface area contributed by atoms with E-state index < -0.39 is 0 Å². The van der Waals surface area contributed by atoms with E-state index in [9.17, 15) is 9.59 Å². The molecule has 0 bridgehead atoms. The third kappa shape index (κ3) is 6.77. The van der Waals surface area contributed by atoms with E-state index in [-0.39, 0.29) is 24.3 Å². The molecule has 0 fully saturated rings. The first-order valence-electron chi connectivity index (χ1n) is 8.46. The van der Waals surface area contributed by atoms with Crippen molar-refractivity contribution in [3.8, 4) is 0 Å². The lowest BCUT2D eigenvalue weighted by Crippen LogP contribution is -2.35. The molecule has 2 amide bonds. The molecule has 1 atom stereocenters. The van der Waals surface area contributed by atoms with Gasteiger partial charge in [-0.2, -0.15) is 0 Å². The highest BCUT2D eigenvalue weighted by Crippen LogP contribution is 2.22. The third-order valence-corrected chi connectivity index (χ3v) is 5.38. The fourth-order valence-electron chi connectivity index (χ4n) is 2.26. The van der Waals surface area contributed by atoms with E-state index in [0.717, 1.165) is 5.01 Å². The molecule has 1 aromatic heterocycles. The van der Waals surface area contributed by atoms with Crippen molar-refractivity contribution in [1.29, 1.82) is 0 Å². The van der Waals surface area contributed by atoms with Crippen LogP contribution in [0.1, 0.15) is 41.0 Å². The molecule has 146 valence electrons. The number of nitrogens with one attached hydrogen (secondary N) is 2. The van der Waals surface area contributed by atoms with Crippen LogP contribution in [0.5, 0.6) is 0 Å². The normalized spacial score (nSPS) is 11.9. The van der Waals surface area contributed by atoms with Gasteiger partial charge in [-0.1, -0.05) is 23.2 Å². The van der Waals surface area contributed by atoms with E-state index in [4.69, 9.17) is 27.9 Å². The second-order valence-electron chi connectivity index (χ2n) is 5.69. The Balaban J connectivity index is 1.71. The maximum absolute atomic E-state index is 12.0. The van der Waals surface area contributed by atoms with Gasteiger partial charge in [0.15, 0.2) is 0 Å². The topological polar surface area (TPSA) is 80.3 Å². The van der Waals surface area contributed by atoms with Crippen LogP contribution in [0.2, 0.25) is 10.0 Å². The van der Waals surface area contributed by atoms with Crippen LogP contribution in [0.3, 0.4) is 0 Å². The first-order valence-corrected chi connectivity index (χ1v) is 10.1. The summed E-state index contributed by atoms with van der Waals surface area (Å²) in [5, 5.41) is 8.89. The molecule has 0 radical (unpaired) electrons. The Morgan fingerprint density at radius 3 is 2.67 bits per heavy atom. The lowest BCUT2D eigenvalue weighted by molar-refractivity contribution is -0.120. The maximum atomic E-state index is 12.0. The molecule has 0 aliphatic rings. The molecular weight excluding hydrogens is 409 g/mol. The average molecular weight is 430 g/mol. The van der Waals surface area contributed by atoms with Gasteiger partial charge in [-0.25, -0.2) is 4.98 Å². The van der Waals surface area contributed by atoms with Gasteiger partial charge in [0.05, 0.1) is 22.2 Å². The number of ether oxygens (including phenoxy) is 1. The predicted molar refractivity (Wildman–Crippen MR) is 108 cm³/mol. The van der Waals surface area contributed by atoms with Crippen molar-refractivity contribution in [2.45, 2.75) is 26.4 Å². The number of amides is 2. The van der Waals surface area contributed by atoms with Crippen molar-refractivity contribution in [3.05, 3.63) is 49.9 Å². The fourth-order valence-corrected chi connectivity index (χ4v) is 3.38. The number of rotatable bonds is 9. The molecule has 2 aromatic rings. The highest BCUT2D eigenvalue weighted by Gasteiger charge is 2.13. The Bertz CT molecular complexity index is 798. The summed E-state index contributed by atoms with van der Waals surface area (Å²) in [5.41, 5.74) is 1.12. The van der Waals surface area contributed by atoms with Crippen LogP contribution >= 0.6 is 34.5 Å². The van der Waals surface area contributed by atoms with Crippen molar-refractivity contribution in [1.82, 2.24) is 15.6 Å². The van der Waals surface area contributed by atoms with E-state index in [1.165, 1.54) is 17.4 Å². The molecule has 0 saturated carbocycles. The quantitative estimate of drug-likeness (QED) is 0.596. The van der Waals surface area contributed by atoms with Gasteiger partial charge in [-0.15, -0.1) is 11.3 Å². The van der Waals surface area contributed by atoms with Gasteiger partial charge in [-0.3, -0.25) is 9.59 Å². The number of carbonyl (C=O) groups is 2. The molecule has 1 aromatic carbocycles. The van der Waals surface area contributed by atoms with Gasteiger partial charge in [-0.05, 0) is 32.0 Å². The lowest BCUT2D eigenvalue weighted by atomic mass is 10.2. The van der Waals surface area contributed by atoms with Crippen LogP contribution in [-0.2, 0) is 16.0 Å². The van der Waals surface area contributed by atoms with Crippen LogP contribution < -0.4 is 10.6 Å². The monoisotopic (exact) mass is 429 g/mol. The van der Waals surface area contributed by atoms with Gasteiger partial charge in [0.1, 0.15) is 11.1 Å². The summed E-state index contributed by atoms with van der Waals surface area (Å²) < 4.78 is 5.49. The highest BCUT2D eigenvalue weighted by atomic mass is 35.5. The zero-order valence-corrected chi connectivity index (χ0v) is 17.4. The number of thiazole rings is 1. The van der Waals surface area contributed by atoms with Gasteiger partial charge >= 0.3 is 0 Å². The van der Waals surface area contributed by atoms with Crippen LogP contribution in [0.4, 0.5) is 0 Å². The van der Waals surface area contributed by atoms with E-state index >= 15 is 0 Å². The molecule has 2 rings (SSSR count). The van der Waals surface area contributed by atoms with E-state index in [2.05, 4.69) is 15.6 Å². The molecule has 1 heterocycles. The van der Waals surface area contributed by atoms with Gasteiger partial charge in [0, 0.05) is 30.6 Å². The summed E-state index contributed by atoms with van der Waals surface area (Å²) in [6.45, 7) is 5.10. The number of hydrogen-bond acceptors (Lipinski definition) is 5. The zero-order valence-electron chi connectivity index (χ0n) is 15.1. The van der Waals surface area contributed by atoms with E-state index in [0.29, 0.717) is 41.0 Å². The van der Waals surface area contributed by atoms with Gasteiger partial charge < -0.3 is 15.4 Å². The smallest absolute Gasteiger partial charge is 0.251 e. The second kappa shape index (κ2) is 10.6. The Labute approximate surface area is 172 Å². The number of carbonyl (C=O) groups excluding carboxylic acids is 2. The lowest BCUT2D eigenvalue weighted by Gasteiger charge is -2.08. The summed E-state index contributed by atoms with van der Waals surface area (Å²) in [5.74, 6) is -0.434. The Morgan fingerprint density at radius 1 is 1.22 bits per heavy atom. The third-order valence-electron chi connectivity index (χ3n) is 3.59. The molecular formula is C18H21Cl2N3O3S. The second-order valence-corrected chi connectivity index (χ2v) is 7.39. The number of benzene rings is 1. The van der Waals surface area contributed by atoms with E-state index in [1.807, 2.05) is 19.2 Å². The summed E-state index contributed by atoms with van der Waals surface area (Å²) in [6, 6.07) is 4.65. The van der Waals surface area contributed by atoms with Crippen LogP contribution in [0.15, 0.2) is 23.6 Å². The minimum atomic E-state index is -0.281. The first kappa shape index (κ1) is 21.6. The summed E-state index contributed by atoms with van der Waals surface area (Å²) in [6.07, 6.45) is 0.115.